The minimum atomic E-state index is -3.49. The van der Waals surface area contributed by atoms with Crippen molar-refractivity contribution in [2.24, 2.45) is 5.41 Å². The molecule has 0 fully saturated rings. The molecule has 3 aliphatic rings. The highest BCUT2D eigenvalue weighted by Gasteiger charge is 2.47. The highest BCUT2D eigenvalue weighted by atomic mass is 32.2. The first-order valence-corrected chi connectivity index (χ1v) is 7.04. The maximum atomic E-state index is 11.9. The van der Waals surface area contributed by atoms with Gasteiger partial charge in [0.2, 0.25) is 0 Å². The summed E-state index contributed by atoms with van der Waals surface area (Å²) in [6.45, 7) is 0.368. The quantitative estimate of drug-likeness (QED) is 0.640. The molecule has 1 aromatic rings. The molecule has 2 aliphatic carbocycles. The van der Waals surface area contributed by atoms with Gasteiger partial charge < -0.3 is 0 Å². The average molecular weight is 236 g/mol. The van der Waals surface area contributed by atoms with Crippen molar-refractivity contribution in [3.63, 3.8) is 0 Å². The summed E-state index contributed by atoms with van der Waals surface area (Å²) < 4.78 is 29.0. The highest BCUT2D eigenvalue weighted by molar-refractivity contribution is 7.86. The Morgan fingerprint density at radius 1 is 1.19 bits per heavy atom. The molecule has 1 heterocycles. The van der Waals surface area contributed by atoms with Gasteiger partial charge >= 0.3 is 0 Å². The molecule has 3 bridgehead atoms. The first-order chi connectivity index (χ1) is 7.60. The van der Waals surface area contributed by atoms with Crippen LogP contribution in [0.2, 0.25) is 0 Å². The van der Waals surface area contributed by atoms with E-state index in [-0.39, 0.29) is 5.41 Å². The lowest BCUT2D eigenvalue weighted by atomic mass is 9.77. The van der Waals surface area contributed by atoms with E-state index in [0.717, 1.165) is 31.2 Å². The van der Waals surface area contributed by atoms with Crippen molar-refractivity contribution in [3.05, 3.63) is 28.8 Å². The van der Waals surface area contributed by atoms with Crippen LogP contribution in [0.25, 0.3) is 0 Å². The van der Waals surface area contributed by atoms with Crippen LogP contribution < -0.4 is 0 Å². The Balaban J connectivity index is 2.14. The molecule has 1 spiro atoms. The Bertz CT molecular complexity index is 603. The predicted octanol–water partition coefficient (Wildman–Crippen LogP) is 1.44. The fourth-order valence-corrected chi connectivity index (χ4v) is 4.70. The van der Waals surface area contributed by atoms with E-state index in [9.17, 15) is 8.42 Å². The molecule has 1 unspecified atom stereocenters. The first kappa shape index (κ1) is 9.19. The van der Waals surface area contributed by atoms with Gasteiger partial charge in [0, 0.05) is 5.41 Å². The summed E-state index contributed by atoms with van der Waals surface area (Å²) in [5.74, 6) is 0. The van der Waals surface area contributed by atoms with E-state index in [1.807, 2.05) is 6.07 Å². The monoisotopic (exact) mass is 236 g/mol. The molecule has 0 radical (unpaired) electrons. The van der Waals surface area contributed by atoms with Crippen molar-refractivity contribution in [2.45, 2.75) is 30.6 Å². The van der Waals surface area contributed by atoms with Crippen LogP contribution in [0.4, 0.5) is 0 Å². The molecular weight excluding hydrogens is 224 g/mol. The second kappa shape index (κ2) is 2.51. The van der Waals surface area contributed by atoms with Crippen molar-refractivity contribution in [3.8, 4) is 0 Å². The molecule has 4 heteroatoms. The largest absolute Gasteiger partial charge is 0.297 e. The van der Waals surface area contributed by atoms with E-state index in [4.69, 9.17) is 4.18 Å². The van der Waals surface area contributed by atoms with Crippen LogP contribution in [0.5, 0.6) is 0 Å². The maximum Gasteiger partial charge on any atom is 0.297 e. The third kappa shape index (κ3) is 0.949. The maximum absolute atomic E-state index is 11.9. The van der Waals surface area contributed by atoms with E-state index in [1.54, 1.807) is 6.07 Å². The van der Waals surface area contributed by atoms with Gasteiger partial charge in [-0.25, -0.2) is 0 Å². The molecule has 84 valence electrons. The summed E-state index contributed by atoms with van der Waals surface area (Å²) in [6.07, 6.45) is 4.04. The second-order valence-electron chi connectivity index (χ2n) is 5.25. The van der Waals surface area contributed by atoms with Gasteiger partial charge in [0.25, 0.3) is 10.1 Å². The molecule has 1 aromatic carbocycles. The molecule has 0 saturated carbocycles. The Labute approximate surface area is 94.6 Å². The van der Waals surface area contributed by atoms with Crippen LogP contribution in [0.3, 0.4) is 0 Å². The Morgan fingerprint density at radius 2 is 2.00 bits per heavy atom. The summed E-state index contributed by atoms with van der Waals surface area (Å²) in [7, 11) is -3.49. The lowest BCUT2D eigenvalue weighted by Gasteiger charge is -2.31. The van der Waals surface area contributed by atoms with Gasteiger partial charge in [-0.3, -0.25) is 4.18 Å². The van der Waals surface area contributed by atoms with Crippen molar-refractivity contribution in [1.29, 1.82) is 0 Å². The van der Waals surface area contributed by atoms with E-state index in [1.165, 1.54) is 11.1 Å². The molecule has 1 atom stereocenters. The van der Waals surface area contributed by atoms with Crippen LogP contribution in [0, 0.1) is 5.41 Å². The van der Waals surface area contributed by atoms with Gasteiger partial charge in [-0.05, 0) is 48.4 Å². The molecule has 0 amide bonds. The fourth-order valence-electron chi connectivity index (χ4n) is 3.43. The lowest BCUT2D eigenvalue weighted by molar-refractivity contribution is 0.146. The van der Waals surface area contributed by atoms with E-state index < -0.39 is 10.1 Å². The number of benzene rings is 1. The number of rotatable bonds is 0. The number of hydrogen-bond donors (Lipinski definition) is 0. The molecule has 0 saturated heterocycles. The van der Waals surface area contributed by atoms with Crippen LogP contribution in [0.1, 0.15) is 23.1 Å². The zero-order chi connectivity index (χ0) is 11.0. The third-order valence-electron chi connectivity index (χ3n) is 4.30. The number of aryl methyl sites for hydroxylation is 1. The summed E-state index contributed by atoms with van der Waals surface area (Å²) >= 11 is 0. The Kier molecular flexibility index (Phi) is 1.44. The van der Waals surface area contributed by atoms with Crippen molar-refractivity contribution in [1.82, 2.24) is 0 Å². The third-order valence-corrected chi connectivity index (χ3v) is 5.65. The van der Waals surface area contributed by atoms with E-state index >= 15 is 0 Å². The minimum Gasteiger partial charge on any atom is -0.266 e. The van der Waals surface area contributed by atoms with Gasteiger partial charge in [-0.2, -0.15) is 8.42 Å². The summed E-state index contributed by atoms with van der Waals surface area (Å²) in [5, 5.41) is 0. The second-order valence-corrected chi connectivity index (χ2v) is 6.83. The van der Waals surface area contributed by atoms with E-state index in [2.05, 4.69) is 0 Å². The molecule has 0 N–H and O–H groups in total. The van der Waals surface area contributed by atoms with Crippen LogP contribution in [-0.4, -0.2) is 15.0 Å². The van der Waals surface area contributed by atoms with Gasteiger partial charge in [0.05, 0.1) is 11.5 Å². The minimum absolute atomic E-state index is 0.0784. The summed E-state index contributed by atoms with van der Waals surface area (Å²) in [6, 6.07) is 3.70. The van der Waals surface area contributed by atoms with Crippen molar-refractivity contribution >= 4 is 10.1 Å². The van der Waals surface area contributed by atoms with Gasteiger partial charge in [-0.1, -0.05) is 6.07 Å². The van der Waals surface area contributed by atoms with Gasteiger partial charge in [0.15, 0.2) is 0 Å². The lowest BCUT2D eigenvalue weighted by Crippen LogP contribution is -2.31. The van der Waals surface area contributed by atoms with Crippen LogP contribution in [0.15, 0.2) is 17.0 Å². The van der Waals surface area contributed by atoms with Gasteiger partial charge in [-0.15, -0.1) is 0 Å². The Hall–Kier alpha value is -0.870. The fraction of sp³-hybridized carbons (Fsp3) is 0.500. The van der Waals surface area contributed by atoms with Crippen molar-refractivity contribution in [2.75, 3.05) is 6.61 Å². The summed E-state index contributed by atoms with van der Waals surface area (Å²) in [5.41, 5.74) is 3.78. The smallest absolute Gasteiger partial charge is 0.266 e. The molecule has 1 aliphatic heterocycles. The average Bonchev–Trinajstić information content (AvgIpc) is 2.56. The highest BCUT2D eigenvalue weighted by Crippen LogP contribution is 2.50. The molecule has 0 aromatic heterocycles. The Morgan fingerprint density at radius 3 is 2.88 bits per heavy atom. The zero-order valence-corrected chi connectivity index (χ0v) is 9.64. The van der Waals surface area contributed by atoms with Gasteiger partial charge in [0.1, 0.15) is 0 Å². The molecule has 3 nitrogen and oxygen atoms in total. The standard InChI is InChI=1S/C12H12O3S/c13-16(14)11-2-1-8-3-4-12(7-15-16)5-9(8)10(11)6-12/h1-2H,3-7H2. The summed E-state index contributed by atoms with van der Waals surface area (Å²) in [4.78, 5) is 0.424. The molecule has 16 heavy (non-hydrogen) atoms. The van der Waals surface area contributed by atoms with Crippen LogP contribution in [-0.2, 0) is 33.6 Å². The normalized spacial score (nSPS) is 32.8. The van der Waals surface area contributed by atoms with E-state index in [0.29, 0.717) is 11.5 Å². The number of hydrogen-bond acceptors (Lipinski definition) is 3. The zero-order valence-electron chi connectivity index (χ0n) is 8.82. The SMILES string of the molecule is O=S1(=O)OCC23CCc4ccc1c(c4C2)C3. The topological polar surface area (TPSA) is 43.4 Å². The molecular formula is C12H12O3S. The van der Waals surface area contributed by atoms with Crippen molar-refractivity contribution < 1.29 is 12.6 Å². The molecule has 4 rings (SSSR count). The van der Waals surface area contributed by atoms with Crippen LogP contribution >= 0.6 is 0 Å². The predicted molar refractivity (Wildman–Crippen MR) is 57.7 cm³/mol. The first-order valence-electron chi connectivity index (χ1n) is 5.63.